The minimum absolute atomic E-state index is 0.0228. The zero-order valence-electron chi connectivity index (χ0n) is 34.7. The van der Waals surface area contributed by atoms with Gasteiger partial charge in [-0.05, 0) is 135 Å². The Kier molecular flexibility index (Phi) is 10.2. The second kappa shape index (κ2) is 13.5. The summed E-state index contributed by atoms with van der Waals surface area (Å²) >= 11 is 0. The third-order valence-electron chi connectivity index (χ3n) is 18.7. The number of nitrogens with one attached hydrogen (secondary N) is 1. The maximum Gasteiger partial charge on any atom is 0.310 e. The van der Waals surface area contributed by atoms with Crippen LogP contribution in [0.25, 0.3) is 0 Å². The fourth-order valence-electron chi connectivity index (χ4n) is 15.4. The van der Waals surface area contributed by atoms with E-state index in [9.17, 15) is 28.2 Å². The molecule has 7 rings (SSSR count). The molecule has 0 aromatic carbocycles. The van der Waals surface area contributed by atoms with Crippen molar-refractivity contribution in [3.63, 3.8) is 0 Å². The van der Waals surface area contributed by atoms with Gasteiger partial charge in [-0.15, -0.1) is 0 Å². The highest BCUT2D eigenvalue weighted by atomic mass is 32.2. The van der Waals surface area contributed by atoms with Crippen LogP contribution in [0.1, 0.15) is 126 Å². The molecule has 9 nitrogen and oxygen atoms in total. The first kappa shape index (κ1) is 40.7. The van der Waals surface area contributed by atoms with Gasteiger partial charge in [0.25, 0.3) is 0 Å². The number of nitrogens with zero attached hydrogens (tertiary/aromatic N) is 1. The van der Waals surface area contributed by atoms with E-state index >= 15 is 0 Å². The van der Waals surface area contributed by atoms with Crippen LogP contribution in [-0.2, 0) is 24.2 Å². The summed E-state index contributed by atoms with van der Waals surface area (Å²) in [5, 5.41) is 24.3. The molecule has 54 heavy (non-hydrogen) atoms. The highest BCUT2D eigenvalue weighted by Gasteiger charge is 2.72. The van der Waals surface area contributed by atoms with Crippen molar-refractivity contribution in [3.05, 3.63) is 12.2 Å². The summed E-state index contributed by atoms with van der Waals surface area (Å²) in [7, 11) is -2.97. The van der Waals surface area contributed by atoms with Crippen LogP contribution in [-0.4, -0.2) is 90.9 Å². The number of ether oxygens (including phenoxy) is 1. The Morgan fingerprint density at radius 2 is 1.54 bits per heavy atom. The molecule has 7 aliphatic rings. The summed E-state index contributed by atoms with van der Waals surface area (Å²) in [6, 6.07) is -0.0228. The molecule has 0 bridgehead atoms. The van der Waals surface area contributed by atoms with E-state index in [1.165, 1.54) is 37.7 Å². The normalized spacial score (nSPS) is 46.5. The molecule has 0 spiro atoms. The maximum atomic E-state index is 13.5. The van der Waals surface area contributed by atoms with Gasteiger partial charge in [-0.2, -0.15) is 0 Å². The molecular weight excluding hydrogens is 701 g/mol. The second-order valence-corrected chi connectivity index (χ2v) is 23.8. The summed E-state index contributed by atoms with van der Waals surface area (Å²) in [5.74, 6) is 0.544. The van der Waals surface area contributed by atoms with Crippen molar-refractivity contribution in [2.24, 2.45) is 68.5 Å². The van der Waals surface area contributed by atoms with Crippen LogP contribution in [0.3, 0.4) is 0 Å². The third-order valence-corrected chi connectivity index (χ3v) is 20.3. The number of sulfone groups is 1. The van der Waals surface area contributed by atoms with Gasteiger partial charge in [-0.3, -0.25) is 14.5 Å². The number of esters is 1. The van der Waals surface area contributed by atoms with Crippen molar-refractivity contribution >= 4 is 21.8 Å². The predicted molar refractivity (Wildman–Crippen MR) is 211 cm³/mol. The van der Waals surface area contributed by atoms with E-state index in [1.54, 1.807) is 0 Å². The van der Waals surface area contributed by atoms with Gasteiger partial charge >= 0.3 is 11.9 Å². The average molecular weight is 773 g/mol. The molecule has 1 heterocycles. The minimum atomic E-state index is -2.97. The van der Waals surface area contributed by atoms with Crippen LogP contribution in [0.15, 0.2) is 12.2 Å². The highest BCUT2D eigenvalue weighted by Crippen LogP contribution is 2.76. The van der Waals surface area contributed by atoms with E-state index in [2.05, 4.69) is 58.3 Å². The number of rotatable bonds is 10. The number of aliphatic carboxylic acids is 1. The van der Waals surface area contributed by atoms with Crippen molar-refractivity contribution in [3.8, 4) is 0 Å². The number of fused-ring (bicyclic) bond motifs is 7. The summed E-state index contributed by atoms with van der Waals surface area (Å²) in [6.45, 7) is 25.0. The van der Waals surface area contributed by atoms with E-state index in [4.69, 9.17) is 4.74 Å². The lowest BCUT2D eigenvalue weighted by Gasteiger charge is -2.73. The van der Waals surface area contributed by atoms with Crippen molar-refractivity contribution in [1.82, 2.24) is 10.2 Å². The van der Waals surface area contributed by atoms with Gasteiger partial charge in [0, 0.05) is 30.1 Å². The summed E-state index contributed by atoms with van der Waals surface area (Å²) < 4.78 is 30.5. The molecule has 1 saturated heterocycles. The lowest BCUT2D eigenvalue weighted by Crippen LogP contribution is -2.69. The SMILES string of the molecule is C=C(C)[C@@H]1CC[C@]2(NCC[C@H](CO)N3CCS(=O)(=O)CC3)CC[C@]3(C)[C@H](CC[C@@H]4[C@@]5(C)CC[C@H](OC(=O)[C@H]6[C@@H](C(=O)O)C6(C)C)C(C)(C)[C@@H]5CC[C@]43C)[C@@H]12. The Labute approximate surface area is 326 Å². The molecule has 0 amide bonds. The van der Waals surface area contributed by atoms with E-state index in [0.717, 1.165) is 45.1 Å². The highest BCUT2D eigenvalue weighted by molar-refractivity contribution is 7.91. The van der Waals surface area contributed by atoms with Crippen LogP contribution in [0.5, 0.6) is 0 Å². The Bertz CT molecular complexity index is 1610. The largest absolute Gasteiger partial charge is 0.481 e. The predicted octanol–water partition coefficient (Wildman–Crippen LogP) is 6.74. The number of aliphatic hydroxyl groups is 1. The first-order valence-corrected chi connectivity index (χ1v) is 23.3. The molecule has 3 N–H and O–H groups in total. The van der Waals surface area contributed by atoms with Crippen molar-refractivity contribution in [2.45, 2.75) is 144 Å². The third kappa shape index (κ3) is 6.10. The summed E-state index contributed by atoms with van der Waals surface area (Å²) in [4.78, 5) is 27.5. The zero-order valence-corrected chi connectivity index (χ0v) is 35.5. The Morgan fingerprint density at radius 1 is 0.852 bits per heavy atom. The molecule has 6 aliphatic carbocycles. The molecule has 306 valence electrons. The summed E-state index contributed by atoms with van der Waals surface area (Å²) in [5.41, 5.74) is 1.14. The Morgan fingerprint density at radius 3 is 2.15 bits per heavy atom. The smallest absolute Gasteiger partial charge is 0.310 e. The maximum absolute atomic E-state index is 13.5. The molecule has 0 aromatic heterocycles. The van der Waals surface area contributed by atoms with Crippen molar-refractivity contribution in [1.29, 1.82) is 0 Å². The fourth-order valence-corrected chi connectivity index (χ4v) is 16.6. The molecule has 7 fully saturated rings. The van der Waals surface area contributed by atoms with Gasteiger partial charge < -0.3 is 20.3 Å². The summed E-state index contributed by atoms with van der Waals surface area (Å²) in [6.07, 6.45) is 11.9. The van der Waals surface area contributed by atoms with Gasteiger partial charge in [0.2, 0.25) is 0 Å². The zero-order chi connectivity index (χ0) is 39.4. The minimum Gasteiger partial charge on any atom is -0.481 e. The Balaban J connectivity index is 1.08. The number of allylic oxidation sites excluding steroid dienone is 1. The van der Waals surface area contributed by atoms with Gasteiger partial charge in [-0.25, -0.2) is 8.42 Å². The molecule has 13 atom stereocenters. The van der Waals surface area contributed by atoms with E-state index in [1.807, 2.05) is 13.8 Å². The van der Waals surface area contributed by atoms with Gasteiger partial charge in [0.1, 0.15) is 6.10 Å². The number of carboxylic acids is 1. The van der Waals surface area contributed by atoms with Crippen LogP contribution in [0.2, 0.25) is 0 Å². The first-order chi connectivity index (χ1) is 25.1. The standard InChI is InChI=1S/C44H72N2O7S/c1-27(2)29-12-18-44(45-21-15-28(26-47)46-22-24-54(51,52)25-23-46)20-19-42(8)30(34(29)44)10-11-32-41(7)16-14-33(39(3,4)31(41)13-17-43(32,42)9)53-38(50)36-35(37(48)49)40(36,5)6/h28-36,45,47H,1,10-26H2,2-9H3,(H,48,49)/t28-,29+,30-,31+,32-,33+,34-,35+,36-,41+,42-,43-,44+/m1/s1. The molecular formula is C44H72N2O7S. The molecule has 6 saturated carbocycles. The Hall–Kier alpha value is -1.49. The number of hydrogen-bond acceptors (Lipinski definition) is 8. The van der Waals surface area contributed by atoms with Gasteiger partial charge in [-0.1, -0.05) is 60.6 Å². The number of hydrogen-bond donors (Lipinski definition) is 3. The molecule has 0 radical (unpaired) electrons. The quantitative estimate of drug-likeness (QED) is 0.163. The first-order valence-electron chi connectivity index (χ1n) is 21.5. The number of aliphatic hydroxyl groups excluding tert-OH is 1. The topological polar surface area (TPSA) is 133 Å². The molecule has 10 heteroatoms. The van der Waals surface area contributed by atoms with E-state index < -0.39 is 33.1 Å². The van der Waals surface area contributed by atoms with Crippen LogP contribution >= 0.6 is 0 Å². The second-order valence-electron chi connectivity index (χ2n) is 21.5. The van der Waals surface area contributed by atoms with Crippen molar-refractivity contribution < 1.29 is 33.0 Å². The van der Waals surface area contributed by atoms with Gasteiger partial charge in [0.05, 0.1) is 29.9 Å². The monoisotopic (exact) mass is 773 g/mol. The van der Waals surface area contributed by atoms with Crippen LogP contribution in [0.4, 0.5) is 0 Å². The average Bonchev–Trinajstić information content (AvgIpc) is 3.47. The van der Waals surface area contributed by atoms with E-state index in [-0.39, 0.29) is 63.4 Å². The molecule has 0 aromatic rings. The van der Waals surface area contributed by atoms with Crippen molar-refractivity contribution in [2.75, 3.05) is 37.7 Å². The number of carbonyl (C=O) groups excluding carboxylic acids is 1. The van der Waals surface area contributed by atoms with E-state index in [0.29, 0.717) is 42.7 Å². The molecule has 0 unspecified atom stereocenters. The van der Waals surface area contributed by atoms with Crippen LogP contribution < -0.4 is 5.32 Å². The van der Waals surface area contributed by atoms with Crippen LogP contribution in [0, 0.1) is 68.5 Å². The van der Waals surface area contributed by atoms with Gasteiger partial charge in [0.15, 0.2) is 9.84 Å². The number of carbonyl (C=O) groups is 2. The lowest BCUT2D eigenvalue weighted by molar-refractivity contribution is -0.246. The fraction of sp³-hybridized carbons (Fsp3) is 0.909. The number of carboxylic acid groups (broad SMARTS) is 1. The molecule has 1 aliphatic heterocycles. The lowest BCUT2D eigenvalue weighted by atomic mass is 9.32.